The Morgan fingerprint density at radius 2 is 1.78 bits per heavy atom. The zero-order valence-electron chi connectivity index (χ0n) is 15.4. The summed E-state index contributed by atoms with van der Waals surface area (Å²) in [6.45, 7) is 1.93. The van der Waals surface area contributed by atoms with E-state index >= 15 is 0 Å². The molecule has 0 aromatic heterocycles. The molecule has 2 saturated heterocycles. The average molecular weight is 370 g/mol. The number of piperidine rings is 1. The highest BCUT2D eigenvalue weighted by atomic mass is 16.7. The summed E-state index contributed by atoms with van der Waals surface area (Å²) in [6.07, 6.45) is 8.26. The lowest BCUT2D eigenvalue weighted by Gasteiger charge is -2.37. The Morgan fingerprint density at radius 1 is 1.04 bits per heavy atom. The minimum Gasteiger partial charge on any atom is -0.349 e. The number of nitrogens with zero attached hydrogens (tertiary/aromatic N) is 1. The van der Waals surface area contributed by atoms with Crippen molar-refractivity contribution in [1.29, 1.82) is 0 Å². The largest absolute Gasteiger partial charge is 0.349 e. The minimum atomic E-state index is -0.299. The smallest absolute Gasteiger partial charge is 0.251 e. The van der Waals surface area contributed by atoms with Gasteiger partial charge in [-0.2, -0.15) is 0 Å². The predicted octanol–water partition coefficient (Wildman–Crippen LogP) is 2.35. The zero-order valence-corrected chi connectivity index (χ0v) is 15.4. The first-order chi connectivity index (χ1) is 13.2. The van der Waals surface area contributed by atoms with Crippen LogP contribution >= 0.6 is 0 Å². The van der Waals surface area contributed by atoms with Crippen LogP contribution in [0.2, 0.25) is 0 Å². The molecule has 4 rings (SSSR count). The third-order valence-corrected chi connectivity index (χ3v) is 5.30. The average Bonchev–Trinajstić information content (AvgIpc) is 3.35. The summed E-state index contributed by atoms with van der Waals surface area (Å²) >= 11 is 0. The molecule has 2 aliphatic heterocycles. The monoisotopic (exact) mass is 370 g/mol. The van der Waals surface area contributed by atoms with E-state index in [0.29, 0.717) is 24.8 Å². The van der Waals surface area contributed by atoms with Crippen molar-refractivity contribution in [3.05, 3.63) is 41.5 Å². The summed E-state index contributed by atoms with van der Waals surface area (Å²) in [5, 5.41) is 2.97. The number of ether oxygens (including phenoxy) is 2. The molecule has 2 amide bonds. The van der Waals surface area contributed by atoms with Crippen LogP contribution in [0.25, 0.3) is 6.08 Å². The molecule has 1 atom stereocenters. The Bertz CT molecular complexity index is 705. The number of rotatable bonds is 5. The van der Waals surface area contributed by atoms with Gasteiger partial charge in [0.05, 0.1) is 19.3 Å². The van der Waals surface area contributed by atoms with Gasteiger partial charge in [-0.3, -0.25) is 9.59 Å². The number of carbonyl (C=O) groups is 2. The van der Waals surface area contributed by atoms with Crippen LogP contribution < -0.4 is 5.32 Å². The number of hydrogen-bond acceptors (Lipinski definition) is 4. The van der Waals surface area contributed by atoms with Gasteiger partial charge in [-0.05, 0) is 55.9 Å². The Balaban J connectivity index is 1.37. The molecule has 1 saturated carbocycles. The molecule has 0 radical (unpaired) electrons. The van der Waals surface area contributed by atoms with Gasteiger partial charge in [0.1, 0.15) is 0 Å². The Labute approximate surface area is 159 Å². The molecular weight excluding hydrogens is 344 g/mol. The van der Waals surface area contributed by atoms with Crippen molar-refractivity contribution < 1.29 is 19.1 Å². The van der Waals surface area contributed by atoms with Gasteiger partial charge in [-0.1, -0.05) is 12.1 Å². The molecule has 0 spiro atoms. The molecule has 3 aliphatic rings. The highest BCUT2D eigenvalue weighted by molar-refractivity contribution is 5.95. The van der Waals surface area contributed by atoms with E-state index in [1.54, 1.807) is 24.3 Å². The summed E-state index contributed by atoms with van der Waals surface area (Å²) in [7, 11) is 0. The molecule has 6 heteroatoms. The molecule has 1 N–H and O–H groups in total. The second-order valence-electron chi connectivity index (χ2n) is 7.41. The van der Waals surface area contributed by atoms with Gasteiger partial charge in [-0.15, -0.1) is 0 Å². The number of carbonyl (C=O) groups excluding carboxylic acids is 2. The fraction of sp³-hybridized carbons (Fsp3) is 0.524. The minimum absolute atomic E-state index is 0.00750. The van der Waals surface area contributed by atoms with E-state index in [4.69, 9.17) is 9.47 Å². The van der Waals surface area contributed by atoms with Crippen LogP contribution in [-0.4, -0.2) is 54.8 Å². The molecule has 1 aromatic carbocycles. The summed E-state index contributed by atoms with van der Waals surface area (Å²) in [4.78, 5) is 26.6. The van der Waals surface area contributed by atoms with Gasteiger partial charge < -0.3 is 19.7 Å². The van der Waals surface area contributed by atoms with Crippen LogP contribution in [0.3, 0.4) is 0 Å². The molecule has 27 heavy (non-hydrogen) atoms. The van der Waals surface area contributed by atoms with Crippen molar-refractivity contribution in [2.45, 2.75) is 50.5 Å². The highest BCUT2D eigenvalue weighted by Crippen LogP contribution is 2.25. The predicted molar refractivity (Wildman–Crippen MR) is 101 cm³/mol. The summed E-state index contributed by atoms with van der Waals surface area (Å²) in [5.41, 5.74) is 1.55. The molecule has 1 unspecified atom stereocenters. The third-order valence-electron chi connectivity index (χ3n) is 5.30. The topological polar surface area (TPSA) is 67.9 Å². The van der Waals surface area contributed by atoms with Gasteiger partial charge >= 0.3 is 0 Å². The Kier molecular flexibility index (Phi) is 5.55. The molecule has 2 heterocycles. The maximum absolute atomic E-state index is 12.7. The van der Waals surface area contributed by atoms with Gasteiger partial charge in [-0.25, -0.2) is 0 Å². The lowest BCUT2D eigenvalue weighted by molar-refractivity contribution is -0.145. The molecule has 3 fully saturated rings. The quantitative estimate of drug-likeness (QED) is 0.808. The molecule has 0 bridgehead atoms. The SMILES string of the molecule is O=C(NC1CC1)c1ccc(C=CC(=O)N2CCCCC2C2OCCO2)cc1. The Morgan fingerprint density at radius 3 is 2.48 bits per heavy atom. The molecule has 1 aliphatic carbocycles. The summed E-state index contributed by atoms with van der Waals surface area (Å²) < 4.78 is 11.2. The van der Waals surface area contributed by atoms with E-state index in [-0.39, 0.29) is 24.1 Å². The number of benzene rings is 1. The zero-order chi connectivity index (χ0) is 18.6. The Hall–Kier alpha value is -2.18. The van der Waals surface area contributed by atoms with Crippen LogP contribution in [0.5, 0.6) is 0 Å². The number of amides is 2. The van der Waals surface area contributed by atoms with E-state index in [0.717, 1.165) is 44.2 Å². The second-order valence-corrected chi connectivity index (χ2v) is 7.41. The van der Waals surface area contributed by atoms with Crippen molar-refractivity contribution in [3.63, 3.8) is 0 Å². The van der Waals surface area contributed by atoms with Gasteiger partial charge in [0.15, 0.2) is 6.29 Å². The van der Waals surface area contributed by atoms with Crippen molar-refractivity contribution in [1.82, 2.24) is 10.2 Å². The maximum Gasteiger partial charge on any atom is 0.251 e. The first kappa shape index (κ1) is 18.2. The number of likely N-dealkylation sites (tertiary alicyclic amines) is 1. The van der Waals surface area contributed by atoms with Crippen molar-refractivity contribution >= 4 is 17.9 Å². The van der Waals surface area contributed by atoms with E-state index in [9.17, 15) is 9.59 Å². The van der Waals surface area contributed by atoms with Gasteiger partial charge in [0, 0.05) is 24.2 Å². The van der Waals surface area contributed by atoms with Crippen molar-refractivity contribution in [3.8, 4) is 0 Å². The molecule has 144 valence electrons. The molecule has 6 nitrogen and oxygen atoms in total. The van der Waals surface area contributed by atoms with Crippen molar-refractivity contribution in [2.75, 3.05) is 19.8 Å². The van der Waals surface area contributed by atoms with Gasteiger partial charge in [0.25, 0.3) is 5.91 Å². The first-order valence-corrected chi connectivity index (χ1v) is 9.83. The van der Waals surface area contributed by atoms with Gasteiger partial charge in [0.2, 0.25) is 5.91 Å². The van der Waals surface area contributed by atoms with Crippen LogP contribution in [0, 0.1) is 0 Å². The second kappa shape index (κ2) is 8.23. The van der Waals surface area contributed by atoms with E-state index < -0.39 is 0 Å². The molecular formula is C21H26N2O4. The fourth-order valence-corrected chi connectivity index (χ4v) is 3.62. The van der Waals surface area contributed by atoms with E-state index in [1.165, 1.54) is 0 Å². The lowest BCUT2D eigenvalue weighted by atomic mass is 10.0. The number of nitrogens with one attached hydrogen (secondary N) is 1. The summed E-state index contributed by atoms with van der Waals surface area (Å²) in [5.74, 6) is -0.0498. The van der Waals surface area contributed by atoms with Crippen LogP contribution in [0.1, 0.15) is 48.0 Å². The number of hydrogen-bond donors (Lipinski definition) is 1. The third kappa shape index (κ3) is 4.57. The fourth-order valence-electron chi connectivity index (χ4n) is 3.62. The standard InChI is InChI=1S/C21H26N2O4/c24-19(23-12-2-1-3-18(23)21-26-13-14-27-21)11-6-15-4-7-16(8-5-15)20(25)22-17-9-10-17/h4-8,11,17-18,21H,1-3,9-10,12-14H2,(H,22,25). The molecule has 1 aromatic rings. The van der Waals surface area contributed by atoms with Crippen LogP contribution in [-0.2, 0) is 14.3 Å². The highest BCUT2D eigenvalue weighted by Gasteiger charge is 2.35. The van der Waals surface area contributed by atoms with Crippen LogP contribution in [0.4, 0.5) is 0 Å². The van der Waals surface area contributed by atoms with Crippen molar-refractivity contribution in [2.24, 2.45) is 0 Å². The summed E-state index contributed by atoms with van der Waals surface area (Å²) in [6, 6.07) is 7.66. The maximum atomic E-state index is 12.7. The van der Waals surface area contributed by atoms with Crippen LogP contribution in [0.15, 0.2) is 30.3 Å². The van der Waals surface area contributed by atoms with E-state index in [1.807, 2.05) is 17.0 Å². The first-order valence-electron chi connectivity index (χ1n) is 9.83. The van der Waals surface area contributed by atoms with E-state index in [2.05, 4.69) is 5.32 Å². The lowest BCUT2D eigenvalue weighted by Crippen LogP contribution is -2.49. The normalized spacial score (nSPS) is 23.7.